The van der Waals surface area contributed by atoms with Crippen LogP contribution in [-0.2, 0) is 9.47 Å². The summed E-state index contributed by atoms with van der Waals surface area (Å²) in [5, 5.41) is 9.95. The zero-order valence-corrected chi connectivity index (χ0v) is 13.4. The third-order valence-corrected chi connectivity index (χ3v) is 4.03. The first-order valence-electron chi connectivity index (χ1n) is 7.78. The summed E-state index contributed by atoms with van der Waals surface area (Å²) in [4.78, 5) is 14.6. The highest BCUT2D eigenvalue weighted by Crippen LogP contribution is 2.27. The van der Waals surface area contributed by atoms with Crippen molar-refractivity contribution >= 4 is 5.91 Å². The molecule has 0 unspecified atom stereocenters. The van der Waals surface area contributed by atoms with Crippen LogP contribution in [-0.4, -0.2) is 74.6 Å². The Labute approximate surface area is 131 Å². The fourth-order valence-corrected chi connectivity index (χ4v) is 2.86. The molecule has 2 N–H and O–H groups in total. The SMILES string of the molecule is COCCNC(=O)c1cn[nH]c1[C@@H]1CCCN(CCOC)C1. The van der Waals surface area contributed by atoms with Crippen molar-refractivity contribution in [1.82, 2.24) is 20.4 Å². The Balaban J connectivity index is 1.97. The van der Waals surface area contributed by atoms with Crippen molar-refractivity contribution in [3.05, 3.63) is 17.5 Å². The first kappa shape index (κ1) is 16.9. The number of methoxy groups -OCH3 is 2. The number of likely N-dealkylation sites (tertiary alicyclic amines) is 1. The average molecular weight is 310 g/mol. The van der Waals surface area contributed by atoms with Crippen LogP contribution in [0, 0.1) is 0 Å². The van der Waals surface area contributed by atoms with Crippen molar-refractivity contribution in [1.29, 1.82) is 0 Å². The number of hydrogen-bond acceptors (Lipinski definition) is 5. The van der Waals surface area contributed by atoms with Crippen molar-refractivity contribution in [3.8, 4) is 0 Å². The lowest BCUT2D eigenvalue weighted by Crippen LogP contribution is -2.37. The average Bonchev–Trinajstić information content (AvgIpc) is 3.03. The van der Waals surface area contributed by atoms with Crippen LogP contribution in [0.1, 0.15) is 34.8 Å². The molecule has 7 heteroatoms. The smallest absolute Gasteiger partial charge is 0.254 e. The van der Waals surface area contributed by atoms with Gasteiger partial charge in [-0.15, -0.1) is 0 Å². The number of H-pyrrole nitrogens is 1. The van der Waals surface area contributed by atoms with Gasteiger partial charge in [0.2, 0.25) is 0 Å². The second-order valence-corrected chi connectivity index (χ2v) is 5.58. The number of ether oxygens (including phenoxy) is 2. The molecule has 1 amide bonds. The number of amides is 1. The van der Waals surface area contributed by atoms with Crippen LogP contribution in [0.3, 0.4) is 0 Å². The molecular formula is C15H26N4O3. The molecule has 124 valence electrons. The van der Waals surface area contributed by atoms with E-state index in [0.717, 1.165) is 44.8 Å². The molecule has 1 saturated heterocycles. The van der Waals surface area contributed by atoms with Crippen molar-refractivity contribution in [2.45, 2.75) is 18.8 Å². The summed E-state index contributed by atoms with van der Waals surface area (Å²) in [5.74, 6) is 0.228. The van der Waals surface area contributed by atoms with E-state index in [1.165, 1.54) is 0 Å². The normalized spacial score (nSPS) is 19.3. The van der Waals surface area contributed by atoms with Gasteiger partial charge in [0.05, 0.1) is 30.7 Å². The van der Waals surface area contributed by atoms with Crippen LogP contribution in [0.25, 0.3) is 0 Å². The molecule has 2 rings (SSSR count). The molecule has 1 atom stereocenters. The van der Waals surface area contributed by atoms with Crippen molar-refractivity contribution in [2.75, 3.05) is 53.6 Å². The van der Waals surface area contributed by atoms with Gasteiger partial charge in [-0.3, -0.25) is 9.89 Å². The zero-order chi connectivity index (χ0) is 15.8. The van der Waals surface area contributed by atoms with Crippen LogP contribution in [0.4, 0.5) is 0 Å². The molecule has 0 bridgehead atoms. The third kappa shape index (κ3) is 4.53. The number of rotatable bonds is 8. The van der Waals surface area contributed by atoms with E-state index in [2.05, 4.69) is 20.4 Å². The van der Waals surface area contributed by atoms with E-state index in [9.17, 15) is 4.79 Å². The van der Waals surface area contributed by atoms with Crippen LogP contribution >= 0.6 is 0 Å². The minimum absolute atomic E-state index is 0.0881. The molecular weight excluding hydrogens is 284 g/mol. The van der Waals surface area contributed by atoms with E-state index < -0.39 is 0 Å². The second-order valence-electron chi connectivity index (χ2n) is 5.58. The lowest BCUT2D eigenvalue weighted by Gasteiger charge is -2.32. The fraction of sp³-hybridized carbons (Fsp3) is 0.733. The number of hydrogen-bond donors (Lipinski definition) is 2. The molecule has 1 fully saturated rings. The summed E-state index contributed by atoms with van der Waals surface area (Å²) < 4.78 is 10.1. The number of carbonyl (C=O) groups excluding carboxylic acids is 1. The number of nitrogens with one attached hydrogen (secondary N) is 2. The minimum Gasteiger partial charge on any atom is -0.383 e. The summed E-state index contributed by atoms with van der Waals surface area (Å²) in [6.07, 6.45) is 3.81. The predicted molar refractivity (Wildman–Crippen MR) is 83.1 cm³/mol. The number of nitrogens with zero attached hydrogens (tertiary/aromatic N) is 2. The van der Waals surface area contributed by atoms with Gasteiger partial charge in [0.25, 0.3) is 5.91 Å². The zero-order valence-electron chi connectivity index (χ0n) is 13.4. The summed E-state index contributed by atoms with van der Waals surface area (Å²) >= 11 is 0. The maximum Gasteiger partial charge on any atom is 0.254 e. The standard InChI is InChI=1S/C15H26N4O3/c1-21-8-5-16-15(20)13-10-17-18-14(13)12-4-3-6-19(11-12)7-9-22-2/h10,12H,3-9,11H2,1-2H3,(H,16,20)(H,17,18)/t12-/m1/s1. The third-order valence-electron chi connectivity index (χ3n) is 4.03. The van der Waals surface area contributed by atoms with Gasteiger partial charge in [-0.25, -0.2) is 0 Å². The monoisotopic (exact) mass is 310 g/mol. The van der Waals surface area contributed by atoms with E-state index in [1.54, 1.807) is 20.4 Å². The fourth-order valence-electron chi connectivity index (χ4n) is 2.86. The number of aromatic amines is 1. The van der Waals surface area contributed by atoms with Gasteiger partial charge in [0.1, 0.15) is 0 Å². The van der Waals surface area contributed by atoms with Crippen molar-refractivity contribution in [3.63, 3.8) is 0 Å². The summed E-state index contributed by atoms with van der Waals surface area (Å²) in [7, 11) is 3.34. The maximum atomic E-state index is 12.2. The summed E-state index contributed by atoms with van der Waals surface area (Å²) in [6.45, 7) is 4.70. The Kier molecular flexibility index (Phi) is 6.82. The quantitative estimate of drug-likeness (QED) is 0.688. The highest BCUT2D eigenvalue weighted by Gasteiger charge is 2.26. The van der Waals surface area contributed by atoms with Gasteiger partial charge in [-0.2, -0.15) is 5.10 Å². The Bertz CT molecular complexity index is 463. The highest BCUT2D eigenvalue weighted by molar-refractivity contribution is 5.95. The highest BCUT2D eigenvalue weighted by atomic mass is 16.5. The van der Waals surface area contributed by atoms with Gasteiger partial charge in [-0.1, -0.05) is 0 Å². The van der Waals surface area contributed by atoms with Crippen molar-refractivity contribution in [2.24, 2.45) is 0 Å². The van der Waals surface area contributed by atoms with Crippen LogP contribution < -0.4 is 5.32 Å². The molecule has 0 saturated carbocycles. The molecule has 0 aliphatic carbocycles. The first-order valence-corrected chi connectivity index (χ1v) is 7.78. The Morgan fingerprint density at radius 1 is 1.45 bits per heavy atom. The van der Waals surface area contributed by atoms with Crippen LogP contribution in [0.2, 0.25) is 0 Å². The van der Waals surface area contributed by atoms with E-state index in [1.807, 2.05) is 0 Å². The largest absolute Gasteiger partial charge is 0.383 e. The Morgan fingerprint density at radius 2 is 2.27 bits per heavy atom. The number of piperidine rings is 1. The van der Waals surface area contributed by atoms with Crippen LogP contribution in [0.15, 0.2) is 6.20 Å². The van der Waals surface area contributed by atoms with Gasteiger partial charge < -0.3 is 19.7 Å². The summed E-state index contributed by atoms with van der Waals surface area (Å²) in [6, 6.07) is 0. The molecule has 0 radical (unpaired) electrons. The first-order chi connectivity index (χ1) is 10.8. The lowest BCUT2D eigenvalue weighted by atomic mass is 9.92. The van der Waals surface area contributed by atoms with E-state index in [0.29, 0.717) is 24.6 Å². The molecule has 0 spiro atoms. The molecule has 22 heavy (non-hydrogen) atoms. The van der Waals surface area contributed by atoms with E-state index >= 15 is 0 Å². The van der Waals surface area contributed by atoms with Gasteiger partial charge in [0, 0.05) is 39.8 Å². The topological polar surface area (TPSA) is 79.5 Å². The lowest BCUT2D eigenvalue weighted by molar-refractivity contribution is 0.0933. The van der Waals surface area contributed by atoms with E-state index in [-0.39, 0.29) is 5.91 Å². The molecule has 1 aliphatic rings. The Morgan fingerprint density at radius 3 is 3.05 bits per heavy atom. The van der Waals surface area contributed by atoms with Crippen LogP contribution in [0.5, 0.6) is 0 Å². The number of aromatic nitrogens is 2. The number of carbonyl (C=O) groups is 1. The van der Waals surface area contributed by atoms with Crippen molar-refractivity contribution < 1.29 is 14.3 Å². The van der Waals surface area contributed by atoms with Gasteiger partial charge in [0.15, 0.2) is 0 Å². The minimum atomic E-state index is -0.0881. The molecule has 1 aromatic heterocycles. The predicted octanol–water partition coefficient (Wildman–Crippen LogP) is 0.612. The van der Waals surface area contributed by atoms with Gasteiger partial charge >= 0.3 is 0 Å². The Hall–Kier alpha value is -1.44. The maximum absolute atomic E-state index is 12.2. The second kappa shape index (κ2) is 8.87. The summed E-state index contributed by atoms with van der Waals surface area (Å²) in [5.41, 5.74) is 1.59. The van der Waals surface area contributed by atoms with E-state index in [4.69, 9.17) is 9.47 Å². The molecule has 7 nitrogen and oxygen atoms in total. The molecule has 0 aromatic carbocycles. The van der Waals surface area contributed by atoms with Gasteiger partial charge in [-0.05, 0) is 19.4 Å². The molecule has 2 heterocycles. The molecule has 1 aromatic rings. The molecule has 1 aliphatic heterocycles.